The zero-order chi connectivity index (χ0) is 15.7. The normalized spacial score (nSPS) is 10.6. The fraction of sp³-hybridized carbons (Fsp3) is 0. The van der Waals surface area contributed by atoms with Crippen molar-refractivity contribution in [3.05, 3.63) is 70.9 Å². The van der Waals surface area contributed by atoms with Crippen LogP contribution in [0.2, 0.25) is 5.02 Å². The summed E-state index contributed by atoms with van der Waals surface area (Å²) >= 11 is 5.84. The minimum absolute atomic E-state index is 0.246. The third-order valence-electron chi connectivity index (χ3n) is 3.40. The largest absolute Gasteiger partial charge is 0.290 e. The van der Waals surface area contributed by atoms with Gasteiger partial charge in [-0.05, 0) is 30.3 Å². The summed E-state index contributed by atoms with van der Waals surface area (Å²) in [5.74, 6) is 4.51. The summed E-state index contributed by atoms with van der Waals surface area (Å²) in [7, 11) is 0. The van der Waals surface area contributed by atoms with Crippen molar-refractivity contribution in [3.8, 4) is 0 Å². The van der Waals surface area contributed by atoms with Crippen molar-refractivity contribution in [2.24, 2.45) is 5.84 Å². The number of nitrogens with one attached hydrogen (secondary N) is 1. The molecule has 0 unspecified atom stereocenters. The van der Waals surface area contributed by atoms with Gasteiger partial charge in [0.15, 0.2) is 0 Å². The second-order valence-corrected chi connectivity index (χ2v) is 5.15. The van der Waals surface area contributed by atoms with E-state index in [2.05, 4.69) is 5.43 Å². The van der Waals surface area contributed by atoms with Crippen LogP contribution in [0, 0.1) is 0 Å². The van der Waals surface area contributed by atoms with Crippen molar-refractivity contribution < 1.29 is 9.59 Å². The first kappa shape index (κ1) is 14.3. The number of amides is 1. The molecule has 0 saturated carbocycles. The fourth-order valence-electron chi connectivity index (χ4n) is 2.34. The number of hydrazine groups is 1. The second kappa shape index (κ2) is 5.63. The number of para-hydroxylation sites is 1. The van der Waals surface area contributed by atoms with E-state index in [1.54, 1.807) is 48.5 Å². The minimum Gasteiger partial charge on any atom is -0.290 e. The van der Waals surface area contributed by atoms with Crippen molar-refractivity contribution in [1.29, 1.82) is 0 Å². The first-order chi connectivity index (χ1) is 10.6. The van der Waals surface area contributed by atoms with Crippen LogP contribution in [0.1, 0.15) is 20.7 Å². The zero-order valence-corrected chi connectivity index (χ0v) is 12.2. The summed E-state index contributed by atoms with van der Waals surface area (Å²) in [6.07, 6.45) is 1.49. The molecule has 3 N–H and O–H groups in total. The Morgan fingerprint density at radius 1 is 1.05 bits per heavy atom. The molecule has 0 aliphatic heterocycles. The van der Waals surface area contributed by atoms with Gasteiger partial charge in [0, 0.05) is 22.2 Å². The third-order valence-corrected chi connectivity index (χ3v) is 3.65. The van der Waals surface area contributed by atoms with Crippen LogP contribution in [0.15, 0.2) is 54.7 Å². The van der Waals surface area contributed by atoms with Crippen molar-refractivity contribution in [2.75, 3.05) is 0 Å². The maximum Gasteiger partial charge on any atom is 0.267 e. The minimum atomic E-state index is -0.446. The quantitative estimate of drug-likeness (QED) is 0.434. The Morgan fingerprint density at radius 3 is 2.41 bits per heavy atom. The van der Waals surface area contributed by atoms with Crippen LogP contribution >= 0.6 is 11.6 Å². The van der Waals surface area contributed by atoms with E-state index in [0.717, 1.165) is 0 Å². The fourth-order valence-corrected chi connectivity index (χ4v) is 2.46. The number of benzene rings is 2. The molecule has 3 rings (SSSR count). The molecule has 0 spiro atoms. The summed E-state index contributed by atoms with van der Waals surface area (Å²) in [4.78, 5) is 24.5. The van der Waals surface area contributed by atoms with Gasteiger partial charge in [-0.25, -0.2) is 5.84 Å². The Morgan fingerprint density at radius 2 is 1.73 bits per heavy atom. The molecule has 0 saturated heterocycles. The van der Waals surface area contributed by atoms with Gasteiger partial charge in [-0.15, -0.1) is 0 Å². The number of carbonyl (C=O) groups is 2. The highest BCUT2D eigenvalue weighted by molar-refractivity contribution is 6.30. The number of hydrogen-bond donors (Lipinski definition) is 2. The summed E-state index contributed by atoms with van der Waals surface area (Å²) in [5.41, 5.74) is 3.56. The lowest BCUT2D eigenvalue weighted by Gasteiger charge is -2.04. The van der Waals surface area contributed by atoms with E-state index in [0.29, 0.717) is 27.1 Å². The van der Waals surface area contributed by atoms with Crippen molar-refractivity contribution in [2.45, 2.75) is 0 Å². The molecule has 0 aliphatic rings. The van der Waals surface area contributed by atoms with Crippen LogP contribution in [0.3, 0.4) is 0 Å². The molecular weight excluding hydrogens is 302 g/mol. The van der Waals surface area contributed by atoms with Gasteiger partial charge in [0.2, 0.25) is 0 Å². The number of rotatable bonds is 2. The van der Waals surface area contributed by atoms with Crippen LogP contribution in [0.25, 0.3) is 10.9 Å². The Bertz CT molecular complexity index is 869. The summed E-state index contributed by atoms with van der Waals surface area (Å²) in [6, 6.07) is 13.7. The lowest BCUT2D eigenvalue weighted by molar-refractivity contribution is 0.0955. The van der Waals surface area contributed by atoms with Gasteiger partial charge in [0.1, 0.15) is 0 Å². The van der Waals surface area contributed by atoms with Crippen LogP contribution in [-0.2, 0) is 0 Å². The highest BCUT2D eigenvalue weighted by Gasteiger charge is 2.18. The second-order valence-electron chi connectivity index (χ2n) is 4.72. The summed E-state index contributed by atoms with van der Waals surface area (Å²) < 4.78 is 1.43. The van der Waals surface area contributed by atoms with Crippen molar-refractivity contribution in [3.63, 3.8) is 0 Å². The van der Waals surface area contributed by atoms with Gasteiger partial charge in [-0.2, -0.15) is 0 Å². The number of nitrogen functional groups attached to an aromatic ring is 1. The summed E-state index contributed by atoms with van der Waals surface area (Å²) in [5, 5.41) is 1.21. The van der Waals surface area contributed by atoms with Crippen LogP contribution in [0.5, 0.6) is 0 Å². The molecule has 0 radical (unpaired) electrons. The van der Waals surface area contributed by atoms with E-state index in [1.807, 2.05) is 0 Å². The van der Waals surface area contributed by atoms with Gasteiger partial charge in [-0.3, -0.25) is 19.6 Å². The zero-order valence-electron chi connectivity index (χ0n) is 11.4. The Kier molecular flexibility index (Phi) is 3.66. The number of nitrogens with zero attached hydrogens (tertiary/aromatic N) is 1. The first-order valence-electron chi connectivity index (χ1n) is 6.53. The molecule has 3 aromatic rings. The number of nitrogens with two attached hydrogens (primary N) is 1. The van der Waals surface area contributed by atoms with Gasteiger partial charge in [0.05, 0.1) is 11.1 Å². The first-order valence-corrected chi connectivity index (χ1v) is 6.91. The van der Waals surface area contributed by atoms with Crippen LogP contribution in [0.4, 0.5) is 0 Å². The standard InChI is InChI=1S/C16H12ClN3O2/c17-11-7-5-10(6-8-11)16(22)20-9-13(15(21)19-18)12-3-1-2-4-14(12)20/h1-9H,18H2,(H,19,21). The SMILES string of the molecule is NNC(=O)c1cn(C(=O)c2ccc(Cl)cc2)c2ccccc12. The molecule has 6 heteroatoms. The lowest BCUT2D eigenvalue weighted by Crippen LogP contribution is -2.29. The Balaban J connectivity index is 2.16. The molecule has 1 amide bonds. The monoisotopic (exact) mass is 313 g/mol. The lowest BCUT2D eigenvalue weighted by atomic mass is 10.1. The van der Waals surface area contributed by atoms with Gasteiger partial charge >= 0.3 is 0 Å². The van der Waals surface area contributed by atoms with E-state index in [1.165, 1.54) is 10.8 Å². The van der Waals surface area contributed by atoms with Crippen LogP contribution in [-0.4, -0.2) is 16.4 Å². The predicted octanol–water partition coefficient (Wildman–Crippen LogP) is 2.59. The predicted molar refractivity (Wildman–Crippen MR) is 84.8 cm³/mol. The molecule has 2 aromatic carbocycles. The highest BCUT2D eigenvalue weighted by Crippen LogP contribution is 2.22. The molecule has 0 atom stereocenters. The maximum absolute atomic E-state index is 12.7. The summed E-state index contributed by atoms with van der Waals surface area (Å²) in [6.45, 7) is 0. The van der Waals surface area contributed by atoms with E-state index in [9.17, 15) is 9.59 Å². The van der Waals surface area contributed by atoms with E-state index in [4.69, 9.17) is 17.4 Å². The number of fused-ring (bicyclic) bond motifs is 1. The topological polar surface area (TPSA) is 77.1 Å². The van der Waals surface area contributed by atoms with Crippen LogP contribution < -0.4 is 11.3 Å². The average molecular weight is 314 g/mol. The number of hydrogen-bond acceptors (Lipinski definition) is 3. The van der Waals surface area contributed by atoms with E-state index < -0.39 is 5.91 Å². The molecule has 22 heavy (non-hydrogen) atoms. The molecule has 110 valence electrons. The van der Waals surface area contributed by atoms with Crippen molar-refractivity contribution >= 4 is 34.3 Å². The molecule has 1 aromatic heterocycles. The molecular formula is C16H12ClN3O2. The molecule has 5 nitrogen and oxygen atoms in total. The van der Waals surface area contributed by atoms with Gasteiger partial charge in [0.25, 0.3) is 11.8 Å². The van der Waals surface area contributed by atoms with Gasteiger partial charge in [-0.1, -0.05) is 29.8 Å². The van der Waals surface area contributed by atoms with Crippen molar-refractivity contribution in [1.82, 2.24) is 9.99 Å². The number of carbonyl (C=O) groups excluding carboxylic acids is 2. The molecule has 0 bridgehead atoms. The smallest absolute Gasteiger partial charge is 0.267 e. The highest BCUT2D eigenvalue weighted by atomic mass is 35.5. The molecule has 1 heterocycles. The average Bonchev–Trinajstić information content (AvgIpc) is 2.94. The number of aromatic nitrogens is 1. The Hall–Kier alpha value is -2.63. The number of halogens is 1. The maximum atomic E-state index is 12.7. The third kappa shape index (κ3) is 2.36. The molecule has 0 fully saturated rings. The Labute approximate surface area is 131 Å². The van der Waals surface area contributed by atoms with E-state index in [-0.39, 0.29) is 5.91 Å². The molecule has 0 aliphatic carbocycles. The van der Waals surface area contributed by atoms with E-state index >= 15 is 0 Å². The van der Waals surface area contributed by atoms with Gasteiger partial charge < -0.3 is 0 Å².